The van der Waals surface area contributed by atoms with Crippen LogP contribution in [0, 0.1) is 5.92 Å². The van der Waals surface area contributed by atoms with Gasteiger partial charge in [0.25, 0.3) is 0 Å². The molecule has 1 aromatic heterocycles. The Morgan fingerprint density at radius 2 is 2.26 bits per heavy atom. The minimum Gasteiger partial charge on any atom is -0.308 e. The molecule has 3 rings (SSSR count). The normalized spacial score (nSPS) is 32.4. The van der Waals surface area contributed by atoms with Crippen molar-refractivity contribution in [1.82, 2.24) is 15.2 Å². The number of nitrogens with zero attached hydrogens (tertiary/aromatic N) is 2. The Balaban J connectivity index is 1.59. The maximum absolute atomic E-state index is 4.43. The van der Waals surface area contributed by atoms with Crippen molar-refractivity contribution in [3.05, 3.63) is 30.1 Å². The van der Waals surface area contributed by atoms with Gasteiger partial charge >= 0.3 is 0 Å². The van der Waals surface area contributed by atoms with Crippen LogP contribution in [0.25, 0.3) is 0 Å². The van der Waals surface area contributed by atoms with Gasteiger partial charge in [-0.3, -0.25) is 9.88 Å². The Kier molecular flexibility index (Phi) is 3.59. The van der Waals surface area contributed by atoms with Gasteiger partial charge < -0.3 is 5.32 Å². The van der Waals surface area contributed by atoms with Crippen molar-refractivity contribution in [1.29, 1.82) is 0 Å². The maximum Gasteiger partial charge on any atom is 0.0416 e. The molecule has 0 radical (unpaired) electrons. The third-order valence-corrected chi connectivity index (χ3v) is 4.82. The summed E-state index contributed by atoms with van der Waals surface area (Å²) < 4.78 is 0. The highest BCUT2D eigenvalue weighted by molar-refractivity contribution is 5.06. The molecule has 2 unspecified atom stereocenters. The molecule has 1 aliphatic heterocycles. The number of pyridine rings is 1. The largest absolute Gasteiger partial charge is 0.308 e. The highest BCUT2D eigenvalue weighted by Gasteiger charge is 2.45. The molecule has 2 heterocycles. The summed E-state index contributed by atoms with van der Waals surface area (Å²) >= 11 is 0. The van der Waals surface area contributed by atoms with Crippen molar-refractivity contribution in [2.45, 2.75) is 44.7 Å². The van der Waals surface area contributed by atoms with Crippen LogP contribution < -0.4 is 5.32 Å². The van der Waals surface area contributed by atoms with E-state index >= 15 is 0 Å². The van der Waals surface area contributed by atoms with Crippen LogP contribution in [0.1, 0.15) is 32.4 Å². The third-order valence-electron chi connectivity index (χ3n) is 4.82. The van der Waals surface area contributed by atoms with Gasteiger partial charge in [0.2, 0.25) is 0 Å². The fourth-order valence-electron chi connectivity index (χ4n) is 3.24. The zero-order valence-corrected chi connectivity index (χ0v) is 12.1. The molecule has 1 saturated heterocycles. The van der Waals surface area contributed by atoms with E-state index in [1.807, 2.05) is 12.3 Å². The molecule has 3 nitrogen and oxygen atoms in total. The van der Waals surface area contributed by atoms with E-state index in [-0.39, 0.29) is 0 Å². The monoisotopic (exact) mass is 259 g/mol. The van der Waals surface area contributed by atoms with Gasteiger partial charge in [-0.2, -0.15) is 0 Å². The Bertz CT molecular complexity index is 415. The van der Waals surface area contributed by atoms with Crippen LogP contribution in [0.5, 0.6) is 0 Å². The fraction of sp³-hybridized carbons (Fsp3) is 0.688. The minimum atomic E-state index is 0.344. The zero-order valence-electron chi connectivity index (χ0n) is 12.1. The smallest absolute Gasteiger partial charge is 0.0416 e. The molecule has 3 heteroatoms. The summed E-state index contributed by atoms with van der Waals surface area (Å²) in [6.07, 6.45) is 5.77. The SMILES string of the molecule is CC1CNC(C)(C2CC2)CN1CCc1ccccn1. The molecule has 2 fully saturated rings. The first-order valence-corrected chi connectivity index (χ1v) is 7.56. The van der Waals surface area contributed by atoms with Crippen molar-refractivity contribution in [2.75, 3.05) is 19.6 Å². The maximum atomic E-state index is 4.43. The van der Waals surface area contributed by atoms with Gasteiger partial charge in [0.15, 0.2) is 0 Å². The van der Waals surface area contributed by atoms with Crippen molar-refractivity contribution in [2.24, 2.45) is 5.92 Å². The summed E-state index contributed by atoms with van der Waals surface area (Å²) in [5, 5.41) is 3.78. The molecule has 1 N–H and O–H groups in total. The molecule has 1 aliphatic carbocycles. The van der Waals surface area contributed by atoms with Gasteiger partial charge in [-0.05, 0) is 44.7 Å². The first-order chi connectivity index (χ1) is 9.17. The van der Waals surface area contributed by atoms with Gasteiger partial charge in [0, 0.05) is 49.5 Å². The Morgan fingerprint density at radius 3 is 2.95 bits per heavy atom. The summed E-state index contributed by atoms with van der Waals surface area (Å²) in [5.74, 6) is 0.900. The molecule has 1 saturated carbocycles. The van der Waals surface area contributed by atoms with Crippen LogP contribution in [-0.2, 0) is 6.42 Å². The zero-order chi connectivity index (χ0) is 13.3. The molecule has 0 bridgehead atoms. The first kappa shape index (κ1) is 13.1. The number of hydrogen-bond donors (Lipinski definition) is 1. The first-order valence-electron chi connectivity index (χ1n) is 7.56. The fourth-order valence-corrected chi connectivity index (χ4v) is 3.24. The van der Waals surface area contributed by atoms with Gasteiger partial charge in [0.1, 0.15) is 0 Å². The number of rotatable bonds is 4. The second-order valence-corrected chi connectivity index (χ2v) is 6.46. The molecule has 1 aromatic rings. The quantitative estimate of drug-likeness (QED) is 0.897. The van der Waals surface area contributed by atoms with Crippen molar-refractivity contribution < 1.29 is 0 Å². The number of nitrogens with one attached hydrogen (secondary N) is 1. The summed E-state index contributed by atoms with van der Waals surface area (Å²) in [4.78, 5) is 7.07. The summed E-state index contributed by atoms with van der Waals surface area (Å²) in [7, 11) is 0. The van der Waals surface area contributed by atoms with Gasteiger partial charge in [-0.1, -0.05) is 6.07 Å². The lowest BCUT2D eigenvalue weighted by Gasteiger charge is -2.45. The molecule has 2 atom stereocenters. The Hall–Kier alpha value is -0.930. The topological polar surface area (TPSA) is 28.2 Å². The van der Waals surface area contributed by atoms with Crippen LogP contribution in [0.3, 0.4) is 0 Å². The predicted octanol–water partition coefficient (Wildman–Crippen LogP) is 2.09. The average molecular weight is 259 g/mol. The Morgan fingerprint density at radius 1 is 1.42 bits per heavy atom. The van der Waals surface area contributed by atoms with E-state index < -0.39 is 0 Å². The third kappa shape index (κ3) is 2.98. The molecule has 19 heavy (non-hydrogen) atoms. The van der Waals surface area contributed by atoms with Gasteiger partial charge in [-0.15, -0.1) is 0 Å². The molecule has 2 aliphatic rings. The summed E-state index contributed by atoms with van der Waals surface area (Å²) in [5.41, 5.74) is 1.55. The molecular weight excluding hydrogens is 234 g/mol. The van der Waals surface area contributed by atoms with E-state index in [1.54, 1.807) is 0 Å². The van der Waals surface area contributed by atoms with E-state index in [4.69, 9.17) is 0 Å². The number of hydrogen-bond acceptors (Lipinski definition) is 3. The van der Waals surface area contributed by atoms with Crippen LogP contribution in [0.4, 0.5) is 0 Å². The molecule has 0 aromatic carbocycles. The van der Waals surface area contributed by atoms with E-state index in [2.05, 4.69) is 41.2 Å². The number of piperazine rings is 1. The molecule has 0 amide bonds. The van der Waals surface area contributed by atoms with Crippen molar-refractivity contribution in [3.8, 4) is 0 Å². The van der Waals surface area contributed by atoms with E-state index in [1.165, 1.54) is 25.1 Å². The standard InChI is InChI=1S/C16H25N3/c1-13-11-18-16(2,14-6-7-14)12-19(13)10-8-15-5-3-4-9-17-15/h3-5,9,13-14,18H,6-8,10-12H2,1-2H3. The van der Waals surface area contributed by atoms with E-state index in [9.17, 15) is 0 Å². The summed E-state index contributed by atoms with van der Waals surface area (Å²) in [6, 6.07) is 6.84. The van der Waals surface area contributed by atoms with E-state index in [0.717, 1.165) is 25.4 Å². The van der Waals surface area contributed by atoms with Crippen LogP contribution in [0.15, 0.2) is 24.4 Å². The predicted molar refractivity (Wildman–Crippen MR) is 78.1 cm³/mol. The highest BCUT2D eigenvalue weighted by atomic mass is 15.3. The second kappa shape index (κ2) is 5.22. The van der Waals surface area contributed by atoms with Crippen molar-refractivity contribution in [3.63, 3.8) is 0 Å². The van der Waals surface area contributed by atoms with Crippen molar-refractivity contribution >= 4 is 0 Å². The molecular formula is C16H25N3. The van der Waals surface area contributed by atoms with Gasteiger partial charge in [-0.25, -0.2) is 0 Å². The lowest BCUT2D eigenvalue weighted by Crippen LogP contribution is -2.63. The van der Waals surface area contributed by atoms with Crippen LogP contribution in [-0.4, -0.2) is 41.1 Å². The van der Waals surface area contributed by atoms with Crippen LogP contribution >= 0.6 is 0 Å². The van der Waals surface area contributed by atoms with E-state index in [0.29, 0.717) is 11.6 Å². The molecule has 104 valence electrons. The number of aromatic nitrogens is 1. The Labute approximate surface area is 116 Å². The lowest BCUT2D eigenvalue weighted by molar-refractivity contribution is 0.0842. The molecule has 0 spiro atoms. The average Bonchev–Trinajstić information content (AvgIpc) is 3.26. The minimum absolute atomic E-state index is 0.344. The lowest BCUT2D eigenvalue weighted by atomic mass is 9.91. The highest BCUT2D eigenvalue weighted by Crippen LogP contribution is 2.41. The summed E-state index contributed by atoms with van der Waals surface area (Å²) in [6.45, 7) is 8.17. The van der Waals surface area contributed by atoms with Crippen LogP contribution in [0.2, 0.25) is 0 Å². The van der Waals surface area contributed by atoms with Gasteiger partial charge in [0.05, 0.1) is 0 Å². The second-order valence-electron chi connectivity index (χ2n) is 6.46.